The van der Waals surface area contributed by atoms with Gasteiger partial charge in [-0.2, -0.15) is 0 Å². The smallest absolute Gasteiger partial charge is 0.191 e. The molecule has 5 nitrogen and oxygen atoms in total. The molecular formula is C22H28N4O. The molecule has 4 N–H and O–H groups in total. The number of aromatic amines is 1. The van der Waals surface area contributed by atoms with Gasteiger partial charge in [-0.15, -0.1) is 0 Å². The zero-order valence-electron chi connectivity index (χ0n) is 16.0. The van der Waals surface area contributed by atoms with Crippen molar-refractivity contribution in [2.75, 3.05) is 19.6 Å². The highest BCUT2D eigenvalue weighted by Gasteiger charge is 2.22. The fourth-order valence-corrected chi connectivity index (χ4v) is 3.05. The number of guanidine groups is 1. The Labute approximate surface area is 160 Å². The van der Waals surface area contributed by atoms with Crippen LogP contribution in [0.5, 0.6) is 0 Å². The molecule has 0 spiro atoms. The highest BCUT2D eigenvalue weighted by atomic mass is 16.3. The summed E-state index contributed by atoms with van der Waals surface area (Å²) in [5, 5.41) is 18.5. The lowest BCUT2D eigenvalue weighted by Crippen LogP contribution is -2.39. The number of aliphatic imine (C=N–C) groups is 1. The molecule has 0 amide bonds. The van der Waals surface area contributed by atoms with E-state index >= 15 is 0 Å². The molecule has 0 fully saturated rings. The number of hydrogen-bond acceptors (Lipinski definition) is 2. The number of para-hydroxylation sites is 1. The number of hydrogen-bond donors (Lipinski definition) is 4. The van der Waals surface area contributed by atoms with E-state index in [1.54, 1.807) is 6.92 Å². The van der Waals surface area contributed by atoms with Gasteiger partial charge in [0.25, 0.3) is 0 Å². The highest BCUT2D eigenvalue weighted by Crippen LogP contribution is 2.20. The van der Waals surface area contributed by atoms with Crippen LogP contribution in [0.3, 0.4) is 0 Å². The number of fused-ring (bicyclic) bond motifs is 1. The van der Waals surface area contributed by atoms with Crippen LogP contribution in [0.1, 0.15) is 25.1 Å². The first-order chi connectivity index (χ1) is 13.1. The number of nitrogens with one attached hydrogen (secondary N) is 3. The Morgan fingerprint density at radius 1 is 1.07 bits per heavy atom. The lowest BCUT2D eigenvalue weighted by Gasteiger charge is -2.22. The van der Waals surface area contributed by atoms with E-state index in [-0.39, 0.29) is 0 Å². The van der Waals surface area contributed by atoms with Crippen molar-refractivity contribution in [2.45, 2.75) is 25.9 Å². The maximum atomic E-state index is 10.7. The summed E-state index contributed by atoms with van der Waals surface area (Å²) in [6, 6.07) is 20.1. The van der Waals surface area contributed by atoms with Gasteiger partial charge < -0.3 is 20.7 Å². The topological polar surface area (TPSA) is 72.4 Å². The van der Waals surface area contributed by atoms with Crippen LogP contribution < -0.4 is 10.6 Å². The lowest BCUT2D eigenvalue weighted by molar-refractivity contribution is 0.0672. The largest absolute Gasteiger partial charge is 0.384 e. The third-order valence-electron chi connectivity index (χ3n) is 4.56. The standard InChI is InChI=1S/C22H28N4O/c1-3-23-21(25-16-22(2,27)18-10-5-4-6-11-18)24-14-13-19-15-17-9-7-8-12-20(17)26-19/h4-12,15,26-27H,3,13-14,16H2,1-2H3,(H2,23,24,25). The number of nitrogens with zero attached hydrogens (tertiary/aromatic N) is 1. The van der Waals surface area contributed by atoms with E-state index in [0.29, 0.717) is 12.5 Å². The summed E-state index contributed by atoms with van der Waals surface area (Å²) < 4.78 is 0. The summed E-state index contributed by atoms with van der Waals surface area (Å²) in [4.78, 5) is 8.01. The molecule has 0 bridgehead atoms. The molecule has 1 aromatic heterocycles. The van der Waals surface area contributed by atoms with Crippen molar-refractivity contribution in [3.8, 4) is 0 Å². The first-order valence-electron chi connectivity index (χ1n) is 9.45. The van der Waals surface area contributed by atoms with Crippen molar-refractivity contribution < 1.29 is 5.11 Å². The molecule has 27 heavy (non-hydrogen) atoms. The molecule has 0 saturated heterocycles. The maximum Gasteiger partial charge on any atom is 0.191 e. The molecule has 2 aromatic carbocycles. The summed E-state index contributed by atoms with van der Waals surface area (Å²) in [5.74, 6) is 0.713. The molecule has 1 atom stereocenters. The van der Waals surface area contributed by atoms with Gasteiger partial charge in [-0.1, -0.05) is 48.5 Å². The van der Waals surface area contributed by atoms with Gasteiger partial charge in [0.1, 0.15) is 5.60 Å². The zero-order chi connectivity index (χ0) is 19.1. The fourth-order valence-electron chi connectivity index (χ4n) is 3.05. The van der Waals surface area contributed by atoms with E-state index in [0.717, 1.165) is 30.6 Å². The zero-order valence-corrected chi connectivity index (χ0v) is 16.0. The Morgan fingerprint density at radius 3 is 2.56 bits per heavy atom. The summed E-state index contributed by atoms with van der Waals surface area (Å²) in [5.41, 5.74) is 2.21. The fraction of sp³-hybridized carbons (Fsp3) is 0.318. The normalized spacial score (nSPS) is 14.1. The van der Waals surface area contributed by atoms with Crippen LogP contribution in [-0.4, -0.2) is 35.7 Å². The Kier molecular flexibility index (Phi) is 6.14. The second-order valence-electron chi connectivity index (χ2n) is 6.89. The van der Waals surface area contributed by atoms with Gasteiger partial charge in [0.2, 0.25) is 0 Å². The Bertz CT molecular complexity index is 850. The summed E-state index contributed by atoms with van der Waals surface area (Å²) in [6.07, 6.45) is 0.869. The third-order valence-corrected chi connectivity index (χ3v) is 4.56. The van der Waals surface area contributed by atoms with Crippen LogP contribution in [0, 0.1) is 0 Å². The van der Waals surface area contributed by atoms with Crippen LogP contribution in [0.25, 0.3) is 10.9 Å². The van der Waals surface area contributed by atoms with Crippen molar-refractivity contribution in [3.63, 3.8) is 0 Å². The quantitative estimate of drug-likeness (QED) is 0.384. The number of aromatic nitrogens is 1. The van der Waals surface area contributed by atoms with Gasteiger partial charge in [0.15, 0.2) is 5.96 Å². The van der Waals surface area contributed by atoms with E-state index in [4.69, 9.17) is 0 Å². The van der Waals surface area contributed by atoms with Gasteiger partial charge in [0, 0.05) is 30.7 Å². The molecular weight excluding hydrogens is 336 g/mol. The molecule has 0 saturated carbocycles. The van der Waals surface area contributed by atoms with Crippen LogP contribution >= 0.6 is 0 Å². The number of H-pyrrole nitrogens is 1. The minimum Gasteiger partial charge on any atom is -0.384 e. The second-order valence-corrected chi connectivity index (χ2v) is 6.89. The monoisotopic (exact) mass is 364 g/mol. The molecule has 0 aliphatic carbocycles. The molecule has 0 aliphatic rings. The maximum absolute atomic E-state index is 10.7. The Balaban J connectivity index is 1.58. The van der Waals surface area contributed by atoms with Crippen molar-refractivity contribution in [1.29, 1.82) is 0 Å². The van der Waals surface area contributed by atoms with Crippen molar-refractivity contribution in [1.82, 2.24) is 15.6 Å². The highest BCUT2D eigenvalue weighted by molar-refractivity contribution is 5.81. The van der Waals surface area contributed by atoms with Gasteiger partial charge in [-0.05, 0) is 36.9 Å². The summed E-state index contributed by atoms with van der Waals surface area (Å²) >= 11 is 0. The average Bonchev–Trinajstić information content (AvgIpc) is 3.09. The third kappa shape index (κ3) is 5.11. The summed E-state index contributed by atoms with van der Waals surface area (Å²) in [6.45, 7) is 5.64. The molecule has 3 rings (SSSR count). The molecule has 1 heterocycles. The minimum atomic E-state index is -0.999. The Hall–Kier alpha value is -2.79. The van der Waals surface area contributed by atoms with Crippen molar-refractivity contribution in [2.24, 2.45) is 4.99 Å². The number of aliphatic hydroxyl groups is 1. The second kappa shape index (κ2) is 8.73. The molecule has 0 aliphatic heterocycles. The lowest BCUT2D eigenvalue weighted by atomic mass is 9.96. The van der Waals surface area contributed by atoms with Gasteiger partial charge in [0.05, 0.1) is 6.54 Å². The average molecular weight is 364 g/mol. The van der Waals surface area contributed by atoms with E-state index in [9.17, 15) is 5.11 Å². The summed E-state index contributed by atoms with van der Waals surface area (Å²) in [7, 11) is 0. The van der Waals surface area contributed by atoms with Gasteiger partial charge in [-0.3, -0.25) is 0 Å². The SMILES string of the molecule is CCNC(=NCC(C)(O)c1ccccc1)NCCc1cc2ccccc2[nH]1. The van der Waals surface area contributed by atoms with Crippen LogP contribution in [0.4, 0.5) is 0 Å². The molecule has 5 heteroatoms. The number of benzene rings is 2. The van der Waals surface area contributed by atoms with Crippen LogP contribution in [0.2, 0.25) is 0 Å². The van der Waals surface area contributed by atoms with E-state index in [2.05, 4.69) is 38.8 Å². The molecule has 3 aromatic rings. The van der Waals surface area contributed by atoms with Gasteiger partial charge >= 0.3 is 0 Å². The van der Waals surface area contributed by atoms with Crippen LogP contribution in [0.15, 0.2) is 65.7 Å². The predicted octanol–water partition coefficient (Wildman–Crippen LogP) is 3.17. The van der Waals surface area contributed by atoms with E-state index in [1.807, 2.05) is 49.4 Å². The molecule has 0 radical (unpaired) electrons. The first kappa shape index (κ1) is 19.0. The van der Waals surface area contributed by atoms with E-state index in [1.165, 1.54) is 11.1 Å². The molecule has 142 valence electrons. The first-order valence-corrected chi connectivity index (χ1v) is 9.45. The number of rotatable bonds is 7. The molecule has 1 unspecified atom stereocenters. The minimum absolute atomic E-state index is 0.290. The Morgan fingerprint density at radius 2 is 1.81 bits per heavy atom. The van der Waals surface area contributed by atoms with Crippen LogP contribution in [-0.2, 0) is 12.0 Å². The van der Waals surface area contributed by atoms with Crippen molar-refractivity contribution in [3.05, 3.63) is 71.9 Å². The predicted molar refractivity (Wildman–Crippen MR) is 112 cm³/mol. The van der Waals surface area contributed by atoms with Crippen molar-refractivity contribution >= 4 is 16.9 Å². The van der Waals surface area contributed by atoms with Gasteiger partial charge in [-0.25, -0.2) is 4.99 Å². The van der Waals surface area contributed by atoms with E-state index < -0.39 is 5.60 Å².